The summed E-state index contributed by atoms with van der Waals surface area (Å²) in [6.07, 6.45) is 3.39. The molecule has 0 amide bonds. The number of hydrogen-bond acceptors (Lipinski definition) is 5. The van der Waals surface area contributed by atoms with Crippen LogP contribution in [0.3, 0.4) is 0 Å². The molecule has 3 heterocycles. The van der Waals surface area contributed by atoms with Gasteiger partial charge in [-0.05, 0) is 42.8 Å². The second-order valence-corrected chi connectivity index (χ2v) is 8.43. The lowest BCUT2D eigenvalue weighted by atomic mass is 10.1. The van der Waals surface area contributed by atoms with Crippen molar-refractivity contribution in [2.45, 2.75) is 13.5 Å². The molecule has 170 valence electrons. The Hall–Kier alpha value is -3.07. The Kier molecular flexibility index (Phi) is 5.97. The monoisotopic (exact) mass is 469 g/mol. The number of aromatic nitrogens is 3. The summed E-state index contributed by atoms with van der Waals surface area (Å²) < 4.78 is 36.8. The molecule has 0 bridgehead atoms. The molecule has 1 aliphatic heterocycles. The van der Waals surface area contributed by atoms with E-state index < -0.39 is 11.6 Å². The number of anilines is 2. The van der Waals surface area contributed by atoms with Crippen LogP contribution in [0.2, 0.25) is 5.02 Å². The van der Waals surface area contributed by atoms with Gasteiger partial charge in [0.2, 0.25) is 5.95 Å². The van der Waals surface area contributed by atoms with Gasteiger partial charge in [-0.1, -0.05) is 17.7 Å². The number of morpholine rings is 1. The minimum atomic E-state index is -0.583. The molecule has 1 saturated heterocycles. The minimum absolute atomic E-state index is 0.0605. The standard InChI is InChI=1S/C24H22ClF2N5O/c1-15-2-3-17(10-20(15)25)29-24-28-13-16-4-5-32(23(16)30-24)18-11-21(26)19(22(27)12-18)14-31-6-8-33-9-7-31/h2-5,10-13H,6-9,14H2,1H3,(H,28,29,30). The van der Waals surface area contributed by atoms with Crippen molar-refractivity contribution in [1.82, 2.24) is 19.4 Å². The van der Waals surface area contributed by atoms with E-state index in [4.69, 9.17) is 16.3 Å². The summed E-state index contributed by atoms with van der Waals surface area (Å²) in [5.41, 5.74) is 2.66. The first kappa shape index (κ1) is 21.8. The maximum atomic E-state index is 14.9. The van der Waals surface area contributed by atoms with Gasteiger partial charge in [-0.3, -0.25) is 4.90 Å². The van der Waals surface area contributed by atoms with Crippen LogP contribution in [0.5, 0.6) is 0 Å². The van der Waals surface area contributed by atoms with E-state index in [9.17, 15) is 8.78 Å². The van der Waals surface area contributed by atoms with E-state index in [-0.39, 0.29) is 12.1 Å². The second kappa shape index (κ2) is 9.05. The number of halogens is 3. The van der Waals surface area contributed by atoms with Crippen LogP contribution in [0.1, 0.15) is 11.1 Å². The third kappa shape index (κ3) is 4.55. The van der Waals surface area contributed by atoms with Crippen molar-refractivity contribution in [3.05, 3.63) is 76.6 Å². The molecule has 33 heavy (non-hydrogen) atoms. The molecular weight excluding hydrogens is 448 g/mol. The average molecular weight is 470 g/mol. The molecule has 2 aromatic heterocycles. The fraction of sp³-hybridized carbons (Fsp3) is 0.250. The maximum absolute atomic E-state index is 14.9. The van der Waals surface area contributed by atoms with Crippen LogP contribution in [-0.2, 0) is 11.3 Å². The zero-order chi connectivity index (χ0) is 22.9. The molecule has 0 spiro atoms. The van der Waals surface area contributed by atoms with Crippen molar-refractivity contribution in [2.24, 2.45) is 0 Å². The third-order valence-corrected chi connectivity index (χ3v) is 6.15. The van der Waals surface area contributed by atoms with E-state index in [0.717, 1.165) is 16.6 Å². The highest BCUT2D eigenvalue weighted by Crippen LogP contribution is 2.26. The predicted molar refractivity (Wildman–Crippen MR) is 124 cm³/mol. The summed E-state index contributed by atoms with van der Waals surface area (Å²) >= 11 is 6.20. The number of nitrogens with one attached hydrogen (secondary N) is 1. The number of ether oxygens (including phenoxy) is 1. The van der Waals surface area contributed by atoms with Crippen LogP contribution < -0.4 is 5.32 Å². The second-order valence-electron chi connectivity index (χ2n) is 8.02. The van der Waals surface area contributed by atoms with Gasteiger partial charge in [0.05, 0.1) is 18.9 Å². The number of fused-ring (bicyclic) bond motifs is 1. The lowest BCUT2D eigenvalue weighted by Crippen LogP contribution is -2.36. The zero-order valence-corrected chi connectivity index (χ0v) is 18.7. The Morgan fingerprint density at radius 3 is 2.58 bits per heavy atom. The van der Waals surface area contributed by atoms with Crippen LogP contribution in [0.25, 0.3) is 16.7 Å². The number of hydrogen-bond donors (Lipinski definition) is 1. The van der Waals surface area contributed by atoms with Gasteiger partial charge in [0.1, 0.15) is 17.3 Å². The highest BCUT2D eigenvalue weighted by molar-refractivity contribution is 6.31. The van der Waals surface area contributed by atoms with Gasteiger partial charge < -0.3 is 14.6 Å². The van der Waals surface area contributed by atoms with Gasteiger partial charge in [0.15, 0.2) is 0 Å². The summed E-state index contributed by atoms with van der Waals surface area (Å²) in [5, 5.41) is 4.51. The summed E-state index contributed by atoms with van der Waals surface area (Å²) in [4.78, 5) is 10.9. The third-order valence-electron chi connectivity index (χ3n) is 5.74. The fourth-order valence-electron chi connectivity index (χ4n) is 3.85. The fourth-order valence-corrected chi connectivity index (χ4v) is 4.03. The van der Waals surface area contributed by atoms with Gasteiger partial charge in [-0.15, -0.1) is 0 Å². The van der Waals surface area contributed by atoms with Crippen molar-refractivity contribution < 1.29 is 13.5 Å². The van der Waals surface area contributed by atoms with Gasteiger partial charge in [-0.25, -0.2) is 13.8 Å². The van der Waals surface area contributed by atoms with Crippen LogP contribution >= 0.6 is 11.6 Å². The quantitative estimate of drug-likeness (QED) is 0.433. The van der Waals surface area contributed by atoms with Crippen molar-refractivity contribution in [1.29, 1.82) is 0 Å². The van der Waals surface area contributed by atoms with E-state index in [1.807, 2.05) is 24.0 Å². The first-order valence-corrected chi connectivity index (χ1v) is 11.0. The molecule has 0 saturated carbocycles. The molecule has 5 rings (SSSR count). The van der Waals surface area contributed by atoms with Gasteiger partial charge in [0.25, 0.3) is 0 Å². The van der Waals surface area contributed by atoms with E-state index >= 15 is 0 Å². The first-order valence-electron chi connectivity index (χ1n) is 10.6. The average Bonchev–Trinajstić information content (AvgIpc) is 3.23. The molecule has 0 aliphatic carbocycles. The van der Waals surface area contributed by atoms with Crippen molar-refractivity contribution in [2.75, 3.05) is 31.6 Å². The zero-order valence-electron chi connectivity index (χ0n) is 18.0. The van der Waals surface area contributed by atoms with Crippen molar-refractivity contribution in [3.8, 4) is 5.69 Å². The summed E-state index contributed by atoms with van der Waals surface area (Å²) in [7, 11) is 0. The lowest BCUT2D eigenvalue weighted by Gasteiger charge is -2.27. The van der Waals surface area contributed by atoms with Gasteiger partial charge in [-0.2, -0.15) is 4.98 Å². The first-order chi connectivity index (χ1) is 16.0. The molecule has 4 aromatic rings. The highest BCUT2D eigenvalue weighted by Gasteiger charge is 2.18. The van der Waals surface area contributed by atoms with Crippen LogP contribution in [0.15, 0.2) is 48.8 Å². The molecule has 1 N–H and O–H groups in total. The number of rotatable bonds is 5. The Labute approximate surface area is 194 Å². The summed E-state index contributed by atoms with van der Waals surface area (Å²) in [6, 6.07) is 10.1. The Bertz CT molecular complexity index is 1300. The molecule has 9 heteroatoms. The Balaban J connectivity index is 1.45. The van der Waals surface area contributed by atoms with Crippen LogP contribution in [-0.4, -0.2) is 45.7 Å². The Morgan fingerprint density at radius 1 is 1.09 bits per heavy atom. The lowest BCUT2D eigenvalue weighted by molar-refractivity contribution is 0.0332. The van der Waals surface area contributed by atoms with Crippen LogP contribution in [0, 0.1) is 18.6 Å². The maximum Gasteiger partial charge on any atom is 0.229 e. The van der Waals surface area contributed by atoms with Crippen LogP contribution in [0.4, 0.5) is 20.4 Å². The number of aryl methyl sites for hydroxylation is 1. The molecule has 1 fully saturated rings. The predicted octanol–water partition coefficient (Wildman–Crippen LogP) is 5.24. The Morgan fingerprint density at radius 2 is 1.85 bits per heavy atom. The smallest absolute Gasteiger partial charge is 0.229 e. The van der Waals surface area contributed by atoms with E-state index in [0.29, 0.717) is 48.6 Å². The molecule has 0 radical (unpaired) electrons. The normalized spacial score (nSPS) is 14.7. The molecular formula is C24H22ClF2N5O. The summed E-state index contributed by atoms with van der Waals surface area (Å²) in [6.45, 7) is 4.59. The van der Waals surface area contributed by atoms with E-state index in [1.54, 1.807) is 29.1 Å². The van der Waals surface area contributed by atoms with Crippen molar-refractivity contribution in [3.63, 3.8) is 0 Å². The number of benzene rings is 2. The van der Waals surface area contributed by atoms with Crippen molar-refractivity contribution >= 4 is 34.3 Å². The minimum Gasteiger partial charge on any atom is -0.379 e. The molecule has 6 nitrogen and oxygen atoms in total. The molecule has 2 aromatic carbocycles. The SMILES string of the molecule is Cc1ccc(Nc2ncc3ccn(-c4cc(F)c(CN5CCOCC5)c(F)c4)c3n2)cc1Cl. The molecule has 0 unspecified atom stereocenters. The largest absolute Gasteiger partial charge is 0.379 e. The number of nitrogens with zero attached hydrogens (tertiary/aromatic N) is 4. The summed E-state index contributed by atoms with van der Waals surface area (Å²) in [5.74, 6) is -0.813. The topological polar surface area (TPSA) is 55.2 Å². The highest BCUT2D eigenvalue weighted by atomic mass is 35.5. The van der Waals surface area contributed by atoms with Gasteiger partial charge in [0, 0.05) is 53.7 Å². The van der Waals surface area contributed by atoms with E-state index in [2.05, 4.69) is 15.3 Å². The van der Waals surface area contributed by atoms with Gasteiger partial charge >= 0.3 is 0 Å². The van der Waals surface area contributed by atoms with E-state index in [1.165, 1.54) is 12.1 Å². The molecule has 1 aliphatic rings. The molecule has 0 atom stereocenters.